The minimum absolute atomic E-state index is 0.467. The molecule has 0 amide bonds. The van der Waals surface area contributed by atoms with Gasteiger partial charge >= 0.3 is 0 Å². The summed E-state index contributed by atoms with van der Waals surface area (Å²) in [5, 5.41) is 9.43. The van der Waals surface area contributed by atoms with Gasteiger partial charge in [0, 0.05) is 5.39 Å². The number of methoxy groups -OCH3 is 1. The van der Waals surface area contributed by atoms with Gasteiger partial charge in [-0.1, -0.05) is 0 Å². The largest absolute Gasteiger partial charge is 0.479 e. The molecule has 0 saturated carbocycles. The zero-order valence-corrected chi connectivity index (χ0v) is 10.3. The molecular weight excluding hydrogens is 314 g/mol. The average Bonchev–Trinajstić information content (AvgIpc) is 2.16. The summed E-state index contributed by atoms with van der Waals surface area (Å²) in [5.41, 5.74) is 0. The Labute approximate surface area is 97.0 Å². The zero-order chi connectivity index (χ0) is 10.1. The zero-order valence-electron chi connectivity index (χ0n) is 7.16. The van der Waals surface area contributed by atoms with Crippen LogP contribution in [-0.4, -0.2) is 22.3 Å². The Balaban J connectivity index is 2.87. The number of fused-ring (bicyclic) bond motifs is 1. The maximum atomic E-state index is 5.09. The molecule has 4 nitrogen and oxygen atoms in total. The van der Waals surface area contributed by atoms with E-state index in [0.717, 1.165) is 15.4 Å². The molecule has 0 aliphatic carbocycles. The van der Waals surface area contributed by atoms with E-state index in [4.69, 9.17) is 4.74 Å². The first-order chi connectivity index (χ1) is 6.72. The molecule has 0 atom stereocenters. The summed E-state index contributed by atoms with van der Waals surface area (Å²) < 4.78 is 6.52. The van der Waals surface area contributed by atoms with Crippen molar-refractivity contribution in [1.29, 1.82) is 0 Å². The second kappa shape index (κ2) is 3.78. The molecule has 0 bridgehead atoms. The van der Waals surface area contributed by atoms with Gasteiger partial charge in [-0.3, -0.25) is 0 Å². The Hall–Kier alpha value is -0.750. The van der Waals surface area contributed by atoms with E-state index in [9.17, 15) is 0 Å². The van der Waals surface area contributed by atoms with Crippen LogP contribution in [0.3, 0.4) is 0 Å². The number of halogens is 2. The summed E-state index contributed by atoms with van der Waals surface area (Å²) in [6, 6.07) is 1.86. The smallest absolute Gasteiger partial charge is 0.243 e. The number of nitrogens with zero attached hydrogens (tertiary/aromatic N) is 3. The van der Waals surface area contributed by atoms with Crippen molar-refractivity contribution in [1.82, 2.24) is 15.2 Å². The molecule has 14 heavy (non-hydrogen) atoms. The van der Waals surface area contributed by atoms with E-state index in [0.29, 0.717) is 10.5 Å². The van der Waals surface area contributed by atoms with Gasteiger partial charge in [0.1, 0.15) is 9.21 Å². The Kier molecular flexibility index (Phi) is 2.64. The second-order valence-electron chi connectivity index (χ2n) is 2.55. The lowest BCUT2D eigenvalue weighted by molar-refractivity contribution is 0.397. The minimum Gasteiger partial charge on any atom is -0.479 e. The predicted molar refractivity (Wildman–Crippen MR) is 59.3 cm³/mol. The molecule has 6 heteroatoms. The first kappa shape index (κ1) is 9.79. The average molecular weight is 319 g/mol. The first-order valence-corrected chi connectivity index (χ1v) is 5.32. The van der Waals surface area contributed by atoms with Crippen LogP contribution in [0, 0.1) is 0 Å². The van der Waals surface area contributed by atoms with Crippen LogP contribution in [0.2, 0.25) is 0 Å². The third kappa shape index (κ3) is 1.59. The topological polar surface area (TPSA) is 47.9 Å². The van der Waals surface area contributed by atoms with E-state index in [-0.39, 0.29) is 0 Å². The fourth-order valence-electron chi connectivity index (χ4n) is 1.15. The van der Waals surface area contributed by atoms with E-state index in [2.05, 4.69) is 47.0 Å². The normalized spacial score (nSPS) is 10.5. The predicted octanol–water partition coefficient (Wildman–Crippen LogP) is 2.56. The molecule has 0 spiro atoms. The van der Waals surface area contributed by atoms with Gasteiger partial charge in [0.15, 0.2) is 0 Å². The Morgan fingerprint density at radius 1 is 1.36 bits per heavy atom. The molecular formula is C8H5Br2N3O. The highest BCUT2D eigenvalue weighted by Crippen LogP contribution is 2.30. The molecule has 72 valence electrons. The van der Waals surface area contributed by atoms with Crippen molar-refractivity contribution in [2.24, 2.45) is 0 Å². The lowest BCUT2D eigenvalue weighted by atomic mass is 10.2. The van der Waals surface area contributed by atoms with Crippen LogP contribution < -0.4 is 4.74 Å². The van der Waals surface area contributed by atoms with Gasteiger partial charge in [-0.2, -0.15) is 5.10 Å². The summed E-state index contributed by atoms with van der Waals surface area (Å²) >= 11 is 6.65. The first-order valence-electron chi connectivity index (χ1n) is 3.74. The van der Waals surface area contributed by atoms with E-state index >= 15 is 0 Å². The van der Waals surface area contributed by atoms with Crippen molar-refractivity contribution in [3.63, 3.8) is 0 Å². The molecule has 0 aliphatic heterocycles. The van der Waals surface area contributed by atoms with E-state index in [1.165, 1.54) is 0 Å². The molecule has 0 N–H and O–H groups in total. The second-order valence-corrected chi connectivity index (χ2v) is 4.12. The minimum atomic E-state index is 0.467. The van der Waals surface area contributed by atoms with Crippen molar-refractivity contribution >= 4 is 42.6 Å². The molecule has 2 aromatic heterocycles. The van der Waals surface area contributed by atoms with Gasteiger partial charge in [0.25, 0.3) is 0 Å². The lowest BCUT2D eigenvalue weighted by Crippen LogP contribution is -1.93. The highest BCUT2D eigenvalue weighted by atomic mass is 79.9. The van der Waals surface area contributed by atoms with Gasteiger partial charge in [-0.15, -0.1) is 5.10 Å². The molecule has 2 rings (SSSR count). The fraction of sp³-hybridized carbons (Fsp3) is 0.125. The van der Waals surface area contributed by atoms with Gasteiger partial charge < -0.3 is 4.74 Å². The maximum absolute atomic E-state index is 5.09. The van der Waals surface area contributed by atoms with Crippen molar-refractivity contribution in [2.75, 3.05) is 7.11 Å². The number of hydrogen-bond donors (Lipinski definition) is 0. The number of aromatic nitrogens is 3. The van der Waals surface area contributed by atoms with Crippen molar-refractivity contribution in [2.45, 2.75) is 0 Å². The number of pyridine rings is 1. The Morgan fingerprint density at radius 2 is 2.14 bits per heavy atom. The molecule has 0 aromatic carbocycles. The van der Waals surface area contributed by atoms with Crippen LogP contribution in [0.25, 0.3) is 10.8 Å². The number of hydrogen-bond acceptors (Lipinski definition) is 4. The molecule has 0 aliphatic rings. The SMILES string of the molecule is COc1nncc2cc(Br)nc(Br)c12. The molecule has 0 saturated heterocycles. The molecule has 0 radical (unpaired) electrons. The van der Waals surface area contributed by atoms with Crippen molar-refractivity contribution in [3.8, 4) is 5.88 Å². The third-order valence-corrected chi connectivity index (χ3v) is 2.71. The van der Waals surface area contributed by atoms with Gasteiger partial charge in [0.05, 0.1) is 18.7 Å². The van der Waals surface area contributed by atoms with E-state index < -0.39 is 0 Å². The summed E-state index contributed by atoms with van der Waals surface area (Å²) in [7, 11) is 1.55. The fourth-order valence-corrected chi connectivity index (χ4v) is 2.40. The van der Waals surface area contributed by atoms with Crippen LogP contribution in [0.4, 0.5) is 0 Å². The van der Waals surface area contributed by atoms with Crippen LogP contribution in [0.1, 0.15) is 0 Å². The third-order valence-electron chi connectivity index (χ3n) is 1.73. The summed E-state index contributed by atoms with van der Waals surface area (Å²) in [5.74, 6) is 0.467. The highest BCUT2D eigenvalue weighted by molar-refractivity contribution is 9.11. The summed E-state index contributed by atoms with van der Waals surface area (Å²) in [6.07, 6.45) is 1.66. The standard InChI is InChI=1S/C8H5Br2N3O/c1-14-8-6-4(3-11-13-8)2-5(9)12-7(6)10/h2-3H,1H3. The quantitative estimate of drug-likeness (QED) is 0.758. The number of rotatable bonds is 1. The summed E-state index contributed by atoms with van der Waals surface area (Å²) in [4.78, 5) is 4.20. The van der Waals surface area contributed by atoms with Crippen molar-refractivity contribution in [3.05, 3.63) is 21.5 Å². The van der Waals surface area contributed by atoms with E-state index in [1.54, 1.807) is 13.3 Å². The Morgan fingerprint density at radius 3 is 2.86 bits per heavy atom. The monoisotopic (exact) mass is 317 g/mol. The Bertz CT molecular complexity index is 489. The van der Waals surface area contributed by atoms with Crippen LogP contribution >= 0.6 is 31.9 Å². The molecule has 2 heterocycles. The van der Waals surface area contributed by atoms with Gasteiger partial charge in [0.2, 0.25) is 5.88 Å². The summed E-state index contributed by atoms with van der Waals surface area (Å²) in [6.45, 7) is 0. The molecule has 2 aromatic rings. The molecule has 0 fully saturated rings. The van der Waals surface area contributed by atoms with Gasteiger partial charge in [-0.25, -0.2) is 4.98 Å². The lowest BCUT2D eigenvalue weighted by Gasteiger charge is -2.04. The van der Waals surface area contributed by atoms with Crippen molar-refractivity contribution < 1.29 is 4.74 Å². The van der Waals surface area contributed by atoms with Crippen LogP contribution in [-0.2, 0) is 0 Å². The number of ether oxygens (including phenoxy) is 1. The molecule has 0 unspecified atom stereocenters. The van der Waals surface area contributed by atoms with E-state index in [1.807, 2.05) is 6.07 Å². The maximum Gasteiger partial charge on any atom is 0.243 e. The van der Waals surface area contributed by atoms with Crippen LogP contribution in [0.5, 0.6) is 5.88 Å². The van der Waals surface area contributed by atoms with Crippen LogP contribution in [0.15, 0.2) is 21.5 Å². The highest BCUT2D eigenvalue weighted by Gasteiger charge is 2.09. The van der Waals surface area contributed by atoms with Gasteiger partial charge in [-0.05, 0) is 37.9 Å².